The number of hydrogen-bond acceptors (Lipinski definition) is 4. The quantitative estimate of drug-likeness (QED) is 0.573. The number of fused-ring (bicyclic) bond motifs is 5. The molecule has 1 aromatic heterocycles. The lowest BCUT2D eigenvalue weighted by atomic mass is 9.92. The molecule has 0 unspecified atom stereocenters. The van der Waals surface area contributed by atoms with Crippen molar-refractivity contribution >= 4 is 28.7 Å². The van der Waals surface area contributed by atoms with Crippen LogP contribution in [0.3, 0.4) is 0 Å². The Hall–Kier alpha value is -2.83. The summed E-state index contributed by atoms with van der Waals surface area (Å²) in [4.78, 5) is 38.9. The number of hydrogen-bond donors (Lipinski definition) is 2. The second-order valence-electron chi connectivity index (χ2n) is 10.4. The van der Waals surface area contributed by atoms with E-state index in [0.29, 0.717) is 19.4 Å². The Kier molecular flexibility index (Phi) is 9.75. The van der Waals surface area contributed by atoms with Gasteiger partial charge in [-0.05, 0) is 50.7 Å². The molecule has 0 fully saturated rings. The van der Waals surface area contributed by atoms with Crippen LogP contribution in [0.5, 0.6) is 0 Å². The Balaban J connectivity index is 1.85. The van der Waals surface area contributed by atoms with Crippen molar-refractivity contribution < 1.29 is 19.1 Å². The average molecular weight is 484 g/mol. The van der Waals surface area contributed by atoms with Gasteiger partial charge in [-0.15, -0.1) is 0 Å². The van der Waals surface area contributed by atoms with Crippen molar-refractivity contribution in [2.24, 2.45) is 11.8 Å². The van der Waals surface area contributed by atoms with Gasteiger partial charge in [0.15, 0.2) is 0 Å². The first kappa shape index (κ1) is 26.8. The zero-order chi connectivity index (χ0) is 25.4. The minimum Gasteiger partial charge on any atom is -0.463 e. The molecule has 0 spiro atoms. The third kappa shape index (κ3) is 7.84. The summed E-state index contributed by atoms with van der Waals surface area (Å²) in [5.74, 6) is -1.15. The zero-order valence-electron chi connectivity index (χ0n) is 21.6. The molecule has 192 valence electrons. The highest BCUT2D eigenvalue weighted by molar-refractivity contribution is 5.91. The standard InChI is InChI=1S/C28H41N3O4/c1-19(2)15-21(17-26(32)35-20(3)4)27(33)30-24-16-22-18-31(25-12-8-7-11-23(22)25)14-10-6-5-9-13-29-28(24)34/h7-8,11-12,18-21,24H,5-6,9-10,13-17H2,1-4H3,(H,29,34)(H,30,33)/t21-,24+/m1/s1. The van der Waals surface area contributed by atoms with Crippen LogP contribution >= 0.6 is 0 Å². The van der Waals surface area contributed by atoms with Crippen molar-refractivity contribution in [3.05, 3.63) is 36.0 Å². The number of nitrogens with one attached hydrogen (secondary N) is 2. The summed E-state index contributed by atoms with van der Waals surface area (Å²) >= 11 is 0. The van der Waals surface area contributed by atoms with Gasteiger partial charge < -0.3 is 19.9 Å². The largest absolute Gasteiger partial charge is 0.463 e. The van der Waals surface area contributed by atoms with E-state index in [1.165, 1.54) is 0 Å². The molecule has 1 aliphatic heterocycles. The summed E-state index contributed by atoms with van der Waals surface area (Å²) < 4.78 is 7.56. The Morgan fingerprint density at radius 2 is 1.86 bits per heavy atom. The summed E-state index contributed by atoms with van der Waals surface area (Å²) in [6, 6.07) is 7.51. The van der Waals surface area contributed by atoms with Crippen LogP contribution in [0, 0.1) is 11.8 Å². The van der Waals surface area contributed by atoms with Crippen molar-refractivity contribution in [2.75, 3.05) is 6.54 Å². The van der Waals surface area contributed by atoms with Crippen LogP contribution in [-0.4, -0.2) is 41.0 Å². The second kappa shape index (κ2) is 12.8. The SMILES string of the molecule is CC(C)C[C@H](CC(=O)OC(C)C)C(=O)N[C@H]1Cc2cn(c3ccccc23)CCCCCCNC1=O. The van der Waals surface area contributed by atoms with E-state index in [0.717, 1.165) is 48.7 Å². The smallest absolute Gasteiger partial charge is 0.306 e. The Morgan fingerprint density at radius 1 is 1.11 bits per heavy atom. The molecule has 2 atom stereocenters. The van der Waals surface area contributed by atoms with Crippen molar-refractivity contribution in [3.63, 3.8) is 0 Å². The number of ether oxygens (including phenoxy) is 1. The number of aromatic nitrogens is 1. The van der Waals surface area contributed by atoms with E-state index in [1.807, 2.05) is 26.0 Å². The number of carbonyl (C=O) groups excluding carboxylic acids is 3. The van der Waals surface area contributed by atoms with Crippen LogP contribution < -0.4 is 10.6 Å². The molecule has 2 amide bonds. The Morgan fingerprint density at radius 3 is 2.60 bits per heavy atom. The van der Waals surface area contributed by atoms with Gasteiger partial charge in [0.25, 0.3) is 0 Å². The third-order valence-electron chi connectivity index (χ3n) is 6.46. The molecule has 0 radical (unpaired) electrons. The molecule has 7 heteroatoms. The van der Waals surface area contributed by atoms with E-state index in [2.05, 4.69) is 33.5 Å². The highest BCUT2D eigenvalue weighted by Crippen LogP contribution is 2.24. The molecule has 35 heavy (non-hydrogen) atoms. The maximum absolute atomic E-state index is 13.4. The summed E-state index contributed by atoms with van der Waals surface area (Å²) in [5, 5.41) is 7.12. The Bertz CT molecular complexity index is 1010. The first-order valence-corrected chi connectivity index (χ1v) is 13.1. The van der Waals surface area contributed by atoms with Crippen molar-refractivity contribution in [1.29, 1.82) is 0 Å². The van der Waals surface area contributed by atoms with Crippen LogP contribution in [0.15, 0.2) is 30.5 Å². The molecule has 3 rings (SSSR count). The third-order valence-corrected chi connectivity index (χ3v) is 6.46. The number of rotatable bonds is 7. The van der Waals surface area contributed by atoms with Gasteiger partial charge in [-0.25, -0.2) is 0 Å². The fourth-order valence-electron chi connectivity index (χ4n) is 4.85. The second-order valence-corrected chi connectivity index (χ2v) is 10.4. The number of amides is 2. The molecule has 2 heterocycles. The molecule has 7 nitrogen and oxygen atoms in total. The Labute approximate surface area is 209 Å². The average Bonchev–Trinajstić information content (AvgIpc) is 3.14. The van der Waals surface area contributed by atoms with Gasteiger partial charge in [0, 0.05) is 42.5 Å². The normalized spacial score (nSPS) is 18.3. The van der Waals surface area contributed by atoms with Crippen molar-refractivity contribution in [1.82, 2.24) is 15.2 Å². The summed E-state index contributed by atoms with van der Waals surface area (Å²) in [5.41, 5.74) is 2.19. The lowest BCUT2D eigenvalue weighted by Crippen LogP contribution is -2.50. The van der Waals surface area contributed by atoms with Gasteiger partial charge >= 0.3 is 5.97 Å². The van der Waals surface area contributed by atoms with Gasteiger partial charge in [0.1, 0.15) is 6.04 Å². The monoisotopic (exact) mass is 483 g/mol. The molecule has 0 saturated carbocycles. The highest BCUT2D eigenvalue weighted by Gasteiger charge is 2.29. The number of carbonyl (C=O) groups is 3. The van der Waals surface area contributed by atoms with E-state index in [1.54, 1.807) is 13.8 Å². The van der Waals surface area contributed by atoms with Crippen molar-refractivity contribution in [3.8, 4) is 0 Å². The lowest BCUT2D eigenvalue weighted by molar-refractivity contribution is -0.150. The highest BCUT2D eigenvalue weighted by atomic mass is 16.5. The predicted molar refractivity (Wildman–Crippen MR) is 138 cm³/mol. The molecule has 2 aromatic rings. The first-order valence-electron chi connectivity index (χ1n) is 13.1. The molecular weight excluding hydrogens is 442 g/mol. The van der Waals surface area contributed by atoms with E-state index >= 15 is 0 Å². The molecule has 2 N–H and O–H groups in total. The van der Waals surface area contributed by atoms with Crippen LogP contribution in [0.25, 0.3) is 10.9 Å². The molecule has 2 bridgehead atoms. The molecular formula is C28H41N3O4. The molecule has 1 aromatic carbocycles. The first-order chi connectivity index (χ1) is 16.7. The minimum absolute atomic E-state index is 0.00976. The fourth-order valence-corrected chi connectivity index (χ4v) is 4.85. The van der Waals surface area contributed by atoms with Gasteiger partial charge in [0.05, 0.1) is 12.5 Å². The number of para-hydroxylation sites is 1. The van der Waals surface area contributed by atoms with Crippen LogP contribution in [0.4, 0.5) is 0 Å². The van der Waals surface area contributed by atoms with Crippen LogP contribution in [0.1, 0.15) is 71.8 Å². The topological polar surface area (TPSA) is 89.4 Å². The van der Waals surface area contributed by atoms with E-state index < -0.39 is 12.0 Å². The maximum Gasteiger partial charge on any atom is 0.306 e. The van der Waals surface area contributed by atoms with Crippen LogP contribution in [-0.2, 0) is 32.1 Å². The number of nitrogens with zero attached hydrogens (tertiary/aromatic N) is 1. The van der Waals surface area contributed by atoms with Crippen molar-refractivity contribution in [2.45, 2.75) is 91.3 Å². The molecule has 0 saturated heterocycles. The van der Waals surface area contributed by atoms with Gasteiger partial charge in [0.2, 0.25) is 11.8 Å². The van der Waals surface area contributed by atoms with E-state index in [9.17, 15) is 14.4 Å². The van der Waals surface area contributed by atoms with Crippen LogP contribution in [0.2, 0.25) is 0 Å². The lowest BCUT2D eigenvalue weighted by Gasteiger charge is -2.23. The fraction of sp³-hybridized carbons (Fsp3) is 0.607. The summed E-state index contributed by atoms with van der Waals surface area (Å²) in [6.45, 7) is 9.17. The maximum atomic E-state index is 13.4. The minimum atomic E-state index is -0.710. The molecule has 1 aliphatic rings. The van der Waals surface area contributed by atoms with E-state index in [-0.39, 0.29) is 36.2 Å². The summed E-state index contributed by atoms with van der Waals surface area (Å²) in [7, 11) is 0. The number of aryl methyl sites for hydroxylation is 1. The zero-order valence-corrected chi connectivity index (χ0v) is 21.6. The molecule has 0 aliphatic carbocycles. The van der Waals surface area contributed by atoms with Gasteiger partial charge in [-0.3, -0.25) is 14.4 Å². The van der Waals surface area contributed by atoms with Gasteiger partial charge in [-0.1, -0.05) is 44.9 Å². The van der Waals surface area contributed by atoms with Gasteiger partial charge in [-0.2, -0.15) is 0 Å². The van der Waals surface area contributed by atoms with E-state index in [4.69, 9.17) is 4.74 Å². The number of esters is 1. The summed E-state index contributed by atoms with van der Waals surface area (Å²) in [6.07, 6.45) is 7.03. The predicted octanol–water partition coefficient (Wildman–Crippen LogP) is 4.36. The number of benzene rings is 1.